The molecule has 2 heterocycles. The van der Waals surface area contributed by atoms with Gasteiger partial charge in [0.2, 0.25) is 0 Å². The zero-order chi connectivity index (χ0) is 20.2. The topological polar surface area (TPSA) is 71.8 Å². The molecule has 1 fully saturated rings. The highest BCUT2D eigenvalue weighted by Crippen LogP contribution is 2.31. The van der Waals surface area contributed by atoms with Crippen molar-refractivity contribution in [1.29, 1.82) is 0 Å². The molecule has 1 atom stereocenters. The van der Waals surface area contributed by atoms with Crippen LogP contribution in [0.5, 0.6) is 5.75 Å². The summed E-state index contributed by atoms with van der Waals surface area (Å²) >= 11 is 0. The second-order valence-electron chi connectivity index (χ2n) is 7.18. The number of rotatable bonds is 6. The van der Waals surface area contributed by atoms with Crippen molar-refractivity contribution in [3.05, 3.63) is 76.1 Å². The van der Waals surface area contributed by atoms with Crippen molar-refractivity contribution in [3.63, 3.8) is 0 Å². The van der Waals surface area contributed by atoms with E-state index in [4.69, 9.17) is 9.15 Å². The van der Waals surface area contributed by atoms with Crippen LogP contribution in [0.1, 0.15) is 35.0 Å². The molecule has 0 bridgehead atoms. The summed E-state index contributed by atoms with van der Waals surface area (Å²) in [5.74, 6) is 0.428. The van der Waals surface area contributed by atoms with E-state index in [9.17, 15) is 9.59 Å². The van der Waals surface area contributed by atoms with Gasteiger partial charge in [-0.25, -0.2) is 0 Å². The number of hydrogen-bond donors (Lipinski definition) is 1. The summed E-state index contributed by atoms with van der Waals surface area (Å²) < 4.78 is 11.2. The van der Waals surface area contributed by atoms with Crippen LogP contribution in [0.3, 0.4) is 0 Å². The molecule has 2 aromatic carbocycles. The largest absolute Gasteiger partial charge is 0.496 e. The molecule has 0 aliphatic carbocycles. The third kappa shape index (κ3) is 4.03. The number of hydrogen-bond acceptors (Lipinski definition) is 5. The Bertz CT molecular complexity index is 1070. The monoisotopic (exact) mass is 392 g/mol. The fourth-order valence-electron chi connectivity index (χ4n) is 3.92. The molecule has 4 rings (SSSR count). The minimum Gasteiger partial charge on any atom is -0.496 e. The molecule has 0 unspecified atom stereocenters. The summed E-state index contributed by atoms with van der Waals surface area (Å²) in [4.78, 5) is 27.4. The Morgan fingerprint density at radius 3 is 2.66 bits per heavy atom. The third-order valence-electron chi connectivity index (χ3n) is 5.39. The summed E-state index contributed by atoms with van der Waals surface area (Å²) in [6, 6.07) is 16.0. The Morgan fingerprint density at radius 1 is 1.14 bits per heavy atom. The molecular weight excluding hydrogens is 368 g/mol. The normalized spacial score (nSPS) is 15.3. The average molecular weight is 392 g/mol. The van der Waals surface area contributed by atoms with E-state index in [2.05, 4.69) is 10.2 Å². The first-order valence-corrected chi connectivity index (χ1v) is 9.85. The van der Waals surface area contributed by atoms with Gasteiger partial charge in [-0.15, -0.1) is 0 Å². The first-order chi connectivity index (χ1) is 14.2. The van der Waals surface area contributed by atoms with Gasteiger partial charge in [0.1, 0.15) is 11.3 Å². The van der Waals surface area contributed by atoms with Gasteiger partial charge in [-0.2, -0.15) is 0 Å². The van der Waals surface area contributed by atoms with Crippen molar-refractivity contribution in [2.75, 3.05) is 26.7 Å². The van der Waals surface area contributed by atoms with Gasteiger partial charge in [0, 0.05) is 18.2 Å². The number of carbonyl (C=O) groups excluding carboxylic acids is 1. The summed E-state index contributed by atoms with van der Waals surface area (Å²) in [5.41, 5.74) is 1.22. The maximum Gasteiger partial charge on any atom is 0.287 e. The average Bonchev–Trinajstić information content (AvgIpc) is 3.28. The lowest BCUT2D eigenvalue weighted by molar-refractivity contribution is 0.0910. The number of amides is 1. The van der Waals surface area contributed by atoms with Crippen LogP contribution in [-0.2, 0) is 0 Å². The van der Waals surface area contributed by atoms with Gasteiger partial charge >= 0.3 is 0 Å². The molecule has 1 aliphatic rings. The van der Waals surface area contributed by atoms with Crippen molar-refractivity contribution in [3.8, 4) is 5.75 Å². The minimum absolute atomic E-state index is 0.00946. The highest BCUT2D eigenvalue weighted by molar-refractivity contribution is 5.93. The van der Waals surface area contributed by atoms with Crippen molar-refractivity contribution < 1.29 is 13.9 Å². The second kappa shape index (κ2) is 8.49. The Hall–Kier alpha value is -3.12. The van der Waals surface area contributed by atoms with E-state index >= 15 is 0 Å². The Labute approximate surface area is 169 Å². The van der Waals surface area contributed by atoms with Gasteiger partial charge in [-0.05, 0) is 44.1 Å². The zero-order valence-corrected chi connectivity index (χ0v) is 16.4. The SMILES string of the molecule is COc1ccccc1[C@@H](CNC(=O)c1cc(=O)c2ccccc2o1)N1CCCC1. The number of likely N-dealkylation sites (tertiary alicyclic amines) is 1. The standard InChI is InChI=1S/C23H24N2O4/c1-28-20-10-4-2-8-16(20)18(25-12-6-7-13-25)15-24-23(27)22-14-19(26)17-9-3-5-11-21(17)29-22/h2-5,8-11,14,18H,6-7,12-13,15H2,1H3,(H,24,27)/t18-/m1/s1. The molecule has 1 saturated heterocycles. The summed E-state index contributed by atoms with van der Waals surface area (Å²) in [6.07, 6.45) is 2.28. The first-order valence-electron chi connectivity index (χ1n) is 9.85. The first kappa shape index (κ1) is 19.2. The predicted octanol–water partition coefficient (Wildman–Crippen LogP) is 3.37. The lowest BCUT2D eigenvalue weighted by atomic mass is 10.0. The van der Waals surface area contributed by atoms with Crippen molar-refractivity contribution in [1.82, 2.24) is 10.2 Å². The van der Waals surface area contributed by atoms with Crippen LogP contribution in [0.15, 0.2) is 63.8 Å². The van der Waals surface area contributed by atoms with Crippen LogP contribution in [0, 0.1) is 0 Å². The molecule has 1 amide bonds. The van der Waals surface area contributed by atoms with E-state index in [0.29, 0.717) is 17.5 Å². The molecule has 0 saturated carbocycles. The number of fused-ring (bicyclic) bond motifs is 1. The van der Waals surface area contributed by atoms with E-state index in [1.165, 1.54) is 6.07 Å². The van der Waals surface area contributed by atoms with Crippen molar-refractivity contribution >= 4 is 16.9 Å². The number of ether oxygens (including phenoxy) is 1. The molecule has 1 aromatic heterocycles. The van der Waals surface area contributed by atoms with Crippen LogP contribution in [0.25, 0.3) is 11.0 Å². The molecule has 0 radical (unpaired) electrons. The molecule has 3 aromatic rings. The van der Waals surface area contributed by atoms with Crippen molar-refractivity contribution in [2.24, 2.45) is 0 Å². The number of nitrogens with zero attached hydrogens (tertiary/aromatic N) is 1. The van der Waals surface area contributed by atoms with E-state index < -0.39 is 5.91 Å². The molecule has 6 nitrogen and oxygen atoms in total. The lowest BCUT2D eigenvalue weighted by Gasteiger charge is -2.29. The molecule has 150 valence electrons. The number of methoxy groups -OCH3 is 1. The van der Waals surface area contributed by atoms with Gasteiger partial charge in [0.15, 0.2) is 11.2 Å². The highest BCUT2D eigenvalue weighted by atomic mass is 16.5. The van der Waals surface area contributed by atoms with Gasteiger partial charge in [0.25, 0.3) is 5.91 Å². The Balaban J connectivity index is 1.57. The quantitative estimate of drug-likeness (QED) is 0.696. The Kier molecular flexibility index (Phi) is 5.62. The molecule has 1 aliphatic heterocycles. The molecular formula is C23H24N2O4. The molecule has 29 heavy (non-hydrogen) atoms. The van der Waals surface area contributed by atoms with E-state index in [0.717, 1.165) is 37.2 Å². The maximum atomic E-state index is 12.8. The van der Waals surface area contributed by atoms with Crippen molar-refractivity contribution in [2.45, 2.75) is 18.9 Å². The minimum atomic E-state index is -0.396. The van der Waals surface area contributed by atoms with Gasteiger partial charge < -0.3 is 14.5 Å². The highest BCUT2D eigenvalue weighted by Gasteiger charge is 2.26. The van der Waals surface area contributed by atoms with Crippen LogP contribution in [-0.4, -0.2) is 37.6 Å². The number of carbonyl (C=O) groups is 1. The fourth-order valence-corrected chi connectivity index (χ4v) is 3.92. The van der Waals surface area contributed by atoms with E-state index in [-0.39, 0.29) is 17.2 Å². The van der Waals surface area contributed by atoms with Crippen LogP contribution < -0.4 is 15.5 Å². The Morgan fingerprint density at radius 2 is 1.86 bits per heavy atom. The molecule has 6 heteroatoms. The van der Waals surface area contributed by atoms with E-state index in [1.807, 2.05) is 24.3 Å². The maximum absolute atomic E-state index is 12.8. The van der Waals surface area contributed by atoms with Gasteiger partial charge in [0.05, 0.1) is 18.5 Å². The van der Waals surface area contributed by atoms with Gasteiger partial charge in [-0.1, -0.05) is 30.3 Å². The third-order valence-corrected chi connectivity index (χ3v) is 5.39. The van der Waals surface area contributed by atoms with Gasteiger partial charge in [-0.3, -0.25) is 14.5 Å². The summed E-state index contributed by atoms with van der Waals surface area (Å²) in [6.45, 7) is 2.35. The number of para-hydroxylation sites is 2. The number of benzene rings is 2. The molecule has 0 spiro atoms. The fraction of sp³-hybridized carbons (Fsp3) is 0.304. The van der Waals surface area contributed by atoms with Crippen LogP contribution in [0.2, 0.25) is 0 Å². The summed E-state index contributed by atoms with van der Waals surface area (Å²) in [7, 11) is 1.65. The lowest BCUT2D eigenvalue weighted by Crippen LogP contribution is -2.37. The predicted molar refractivity (Wildman–Crippen MR) is 111 cm³/mol. The van der Waals surface area contributed by atoms with E-state index in [1.54, 1.807) is 31.4 Å². The zero-order valence-electron chi connectivity index (χ0n) is 16.4. The molecule has 1 N–H and O–H groups in total. The smallest absolute Gasteiger partial charge is 0.287 e. The number of nitrogens with one attached hydrogen (secondary N) is 1. The second-order valence-corrected chi connectivity index (χ2v) is 7.18. The van der Waals surface area contributed by atoms with Crippen LogP contribution in [0.4, 0.5) is 0 Å². The van der Waals surface area contributed by atoms with Crippen LogP contribution >= 0.6 is 0 Å². The summed E-state index contributed by atoms with van der Waals surface area (Å²) in [5, 5.41) is 3.41.